The molecule has 0 aromatic heterocycles. The summed E-state index contributed by atoms with van der Waals surface area (Å²) in [7, 11) is 0. The van der Waals surface area contributed by atoms with E-state index in [2.05, 4.69) is 6.92 Å². The van der Waals surface area contributed by atoms with Crippen molar-refractivity contribution in [3.05, 3.63) is 71.8 Å². The lowest BCUT2D eigenvalue weighted by Crippen LogP contribution is -3.00. The number of likely N-dealkylation sites (tertiary alicyclic amines) is 1. The lowest BCUT2D eigenvalue weighted by atomic mass is 9.71. The number of nitrogens with two attached hydrogens (primary N) is 1. The number of halogens is 1. The first kappa shape index (κ1) is 21.6. The van der Waals surface area contributed by atoms with E-state index in [4.69, 9.17) is 5.73 Å². The van der Waals surface area contributed by atoms with Crippen LogP contribution in [0.3, 0.4) is 0 Å². The van der Waals surface area contributed by atoms with E-state index in [1.165, 1.54) is 32.4 Å². The van der Waals surface area contributed by atoms with E-state index in [-0.39, 0.29) is 22.9 Å². The Morgan fingerprint density at radius 2 is 1.41 bits per heavy atom. The van der Waals surface area contributed by atoms with Crippen molar-refractivity contribution in [1.29, 1.82) is 0 Å². The summed E-state index contributed by atoms with van der Waals surface area (Å²) in [6, 6.07) is 20.2. The van der Waals surface area contributed by atoms with Crippen LogP contribution < -0.4 is 22.7 Å². The summed E-state index contributed by atoms with van der Waals surface area (Å²) in [5, 5.41) is 0. The van der Waals surface area contributed by atoms with Gasteiger partial charge in [0.25, 0.3) is 0 Å². The molecule has 27 heavy (non-hydrogen) atoms. The number of benzene rings is 2. The SMILES string of the molecule is CC[N+]1(CCC(C(N)=O)(c2ccccc2)c2ccccc2)CCCCC1.[Br-]. The van der Waals surface area contributed by atoms with Gasteiger partial charge in [0.1, 0.15) is 5.41 Å². The van der Waals surface area contributed by atoms with Crippen LogP contribution in [0.2, 0.25) is 0 Å². The summed E-state index contributed by atoms with van der Waals surface area (Å²) < 4.78 is 1.11. The first-order valence-corrected chi connectivity index (χ1v) is 9.89. The summed E-state index contributed by atoms with van der Waals surface area (Å²) in [5.41, 5.74) is 7.34. The number of hydrogen-bond donors (Lipinski definition) is 1. The average Bonchev–Trinajstić information content (AvgIpc) is 2.70. The highest BCUT2D eigenvalue weighted by Gasteiger charge is 2.43. The molecule has 1 aliphatic rings. The maximum Gasteiger partial charge on any atom is 0.232 e. The summed E-state index contributed by atoms with van der Waals surface area (Å²) in [6.45, 7) is 6.83. The van der Waals surface area contributed by atoms with E-state index in [1.54, 1.807) is 0 Å². The molecule has 1 aliphatic heterocycles. The van der Waals surface area contributed by atoms with Crippen molar-refractivity contribution in [2.24, 2.45) is 5.73 Å². The van der Waals surface area contributed by atoms with Gasteiger partial charge in [0.2, 0.25) is 5.91 Å². The normalized spacial score (nSPS) is 16.3. The Hall–Kier alpha value is -1.65. The van der Waals surface area contributed by atoms with Gasteiger partial charge >= 0.3 is 0 Å². The first-order chi connectivity index (χ1) is 12.6. The van der Waals surface area contributed by atoms with Crippen LogP contribution in [0.5, 0.6) is 0 Å². The quantitative estimate of drug-likeness (QED) is 0.650. The van der Waals surface area contributed by atoms with Crippen molar-refractivity contribution in [3.63, 3.8) is 0 Å². The fraction of sp³-hybridized carbons (Fsp3) is 0.435. The molecule has 0 radical (unpaired) electrons. The molecular weight excluding hydrogens is 400 g/mol. The van der Waals surface area contributed by atoms with Gasteiger partial charge in [-0.15, -0.1) is 0 Å². The fourth-order valence-electron chi connectivity index (χ4n) is 4.59. The number of rotatable bonds is 7. The molecule has 2 N–H and O–H groups in total. The van der Waals surface area contributed by atoms with Crippen molar-refractivity contribution in [3.8, 4) is 0 Å². The zero-order chi connectivity index (χ0) is 18.5. The topological polar surface area (TPSA) is 43.1 Å². The van der Waals surface area contributed by atoms with Crippen LogP contribution in [0, 0.1) is 0 Å². The van der Waals surface area contributed by atoms with Crippen LogP contribution in [0.4, 0.5) is 0 Å². The second-order valence-corrected chi connectivity index (χ2v) is 7.64. The van der Waals surface area contributed by atoms with Gasteiger partial charge in [-0.1, -0.05) is 60.7 Å². The Morgan fingerprint density at radius 3 is 1.81 bits per heavy atom. The smallest absolute Gasteiger partial charge is 0.232 e. The van der Waals surface area contributed by atoms with Gasteiger partial charge in [0.05, 0.1) is 26.2 Å². The van der Waals surface area contributed by atoms with E-state index < -0.39 is 5.41 Å². The Balaban J connectivity index is 0.00000261. The Bertz CT molecular complexity index is 672. The number of carbonyl (C=O) groups excluding carboxylic acids is 1. The number of amides is 1. The molecule has 3 nitrogen and oxygen atoms in total. The maximum absolute atomic E-state index is 12.9. The lowest BCUT2D eigenvalue weighted by molar-refractivity contribution is -0.931. The molecule has 146 valence electrons. The van der Waals surface area contributed by atoms with E-state index in [0.717, 1.165) is 35.1 Å². The molecule has 0 saturated carbocycles. The number of piperidine rings is 1. The van der Waals surface area contributed by atoms with Crippen LogP contribution >= 0.6 is 0 Å². The van der Waals surface area contributed by atoms with Gasteiger partial charge in [0, 0.05) is 6.42 Å². The van der Waals surface area contributed by atoms with Crippen LogP contribution in [0.1, 0.15) is 43.7 Å². The monoisotopic (exact) mass is 430 g/mol. The Labute approximate surface area is 173 Å². The number of primary amides is 1. The third-order valence-electron chi connectivity index (χ3n) is 6.35. The molecule has 1 saturated heterocycles. The summed E-state index contributed by atoms with van der Waals surface area (Å²) in [6.07, 6.45) is 4.66. The van der Waals surface area contributed by atoms with Gasteiger partial charge < -0.3 is 27.2 Å². The second kappa shape index (κ2) is 9.52. The van der Waals surface area contributed by atoms with Gasteiger partial charge in [-0.2, -0.15) is 0 Å². The maximum atomic E-state index is 12.9. The average molecular weight is 431 g/mol. The number of nitrogens with zero attached hydrogens (tertiary/aromatic N) is 1. The minimum atomic E-state index is -0.764. The summed E-state index contributed by atoms with van der Waals surface area (Å²) in [5.74, 6) is -0.249. The van der Waals surface area contributed by atoms with E-state index in [0.29, 0.717) is 0 Å². The molecule has 2 aromatic rings. The molecule has 1 fully saturated rings. The largest absolute Gasteiger partial charge is 1.00 e. The predicted octanol–water partition coefficient (Wildman–Crippen LogP) is 0.873. The highest BCUT2D eigenvalue weighted by atomic mass is 79.9. The molecule has 4 heteroatoms. The zero-order valence-electron chi connectivity index (χ0n) is 16.2. The minimum Gasteiger partial charge on any atom is -1.00 e. The third-order valence-corrected chi connectivity index (χ3v) is 6.35. The highest BCUT2D eigenvalue weighted by Crippen LogP contribution is 2.37. The minimum absolute atomic E-state index is 0. The molecule has 0 unspecified atom stereocenters. The molecule has 2 aromatic carbocycles. The van der Waals surface area contributed by atoms with Crippen molar-refractivity contribution in [2.45, 2.75) is 38.0 Å². The number of quaternary nitrogens is 1. The van der Waals surface area contributed by atoms with Gasteiger partial charge in [-0.05, 0) is 37.3 Å². The standard InChI is InChI=1S/C23H30N2O.BrH/c1-2-25(17-10-5-11-18-25)19-16-23(22(24)26,20-12-6-3-7-13-20)21-14-8-4-9-15-21;/h3-4,6-9,12-15H,2,5,10-11,16-19H2,1H3,(H-,24,26);1H. The zero-order valence-corrected chi connectivity index (χ0v) is 17.8. The lowest BCUT2D eigenvalue weighted by Gasteiger charge is -2.43. The molecular formula is C23H31BrN2O. The van der Waals surface area contributed by atoms with E-state index in [1.807, 2.05) is 60.7 Å². The van der Waals surface area contributed by atoms with Crippen molar-refractivity contribution in [2.75, 3.05) is 26.2 Å². The molecule has 0 aliphatic carbocycles. The summed E-state index contributed by atoms with van der Waals surface area (Å²) in [4.78, 5) is 12.9. The predicted molar refractivity (Wildman–Crippen MR) is 107 cm³/mol. The van der Waals surface area contributed by atoms with Crippen LogP contribution in [0.15, 0.2) is 60.7 Å². The van der Waals surface area contributed by atoms with Crippen LogP contribution in [-0.2, 0) is 10.2 Å². The van der Waals surface area contributed by atoms with Crippen molar-refractivity contribution >= 4 is 5.91 Å². The van der Waals surface area contributed by atoms with Gasteiger partial charge in [-0.3, -0.25) is 4.79 Å². The van der Waals surface area contributed by atoms with E-state index in [9.17, 15) is 4.79 Å². The molecule has 3 rings (SSSR count). The van der Waals surface area contributed by atoms with Gasteiger partial charge in [-0.25, -0.2) is 0 Å². The van der Waals surface area contributed by atoms with Gasteiger partial charge in [0.15, 0.2) is 0 Å². The van der Waals surface area contributed by atoms with E-state index >= 15 is 0 Å². The van der Waals surface area contributed by atoms with Crippen LogP contribution in [-0.4, -0.2) is 36.6 Å². The van der Waals surface area contributed by atoms with Crippen molar-refractivity contribution in [1.82, 2.24) is 0 Å². The second-order valence-electron chi connectivity index (χ2n) is 7.64. The van der Waals surface area contributed by atoms with Crippen LogP contribution in [0.25, 0.3) is 0 Å². The summed E-state index contributed by atoms with van der Waals surface area (Å²) >= 11 is 0. The molecule has 0 atom stereocenters. The highest BCUT2D eigenvalue weighted by molar-refractivity contribution is 5.90. The first-order valence-electron chi connectivity index (χ1n) is 9.89. The fourth-order valence-corrected chi connectivity index (χ4v) is 4.59. The third kappa shape index (κ3) is 4.44. The number of carbonyl (C=O) groups is 1. The Morgan fingerprint density at radius 1 is 0.926 bits per heavy atom. The molecule has 0 spiro atoms. The molecule has 1 heterocycles. The number of hydrogen-bond acceptors (Lipinski definition) is 1. The molecule has 1 amide bonds. The Kier molecular flexibility index (Phi) is 7.63. The molecule has 0 bridgehead atoms. The van der Waals surface area contributed by atoms with Crippen molar-refractivity contribution < 1.29 is 26.3 Å².